The molecule has 1 fully saturated rings. The first-order valence-corrected chi connectivity index (χ1v) is 7.97. The Kier molecular flexibility index (Phi) is 4.16. The fraction of sp³-hybridized carbons (Fsp3) is 0.500. The average Bonchev–Trinajstić information content (AvgIpc) is 2.90. The summed E-state index contributed by atoms with van der Waals surface area (Å²) in [5.74, 6) is 0.796. The summed E-state index contributed by atoms with van der Waals surface area (Å²) in [7, 11) is 2.08. The van der Waals surface area contributed by atoms with Crippen molar-refractivity contribution in [2.24, 2.45) is 5.92 Å². The van der Waals surface area contributed by atoms with E-state index in [9.17, 15) is 0 Å². The van der Waals surface area contributed by atoms with E-state index in [0.717, 1.165) is 19.1 Å². The number of thiophene rings is 1. The van der Waals surface area contributed by atoms with Gasteiger partial charge in [-0.2, -0.15) is 0 Å². The van der Waals surface area contributed by atoms with Crippen LogP contribution in [0.4, 0.5) is 0 Å². The van der Waals surface area contributed by atoms with Gasteiger partial charge in [0.25, 0.3) is 0 Å². The van der Waals surface area contributed by atoms with E-state index in [4.69, 9.17) is 4.74 Å². The molecule has 2 aromatic rings. The molecule has 0 spiro atoms. The van der Waals surface area contributed by atoms with Crippen molar-refractivity contribution in [3.8, 4) is 0 Å². The van der Waals surface area contributed by atoms with Crippen LogP contribution in [0.25, 0.3) is 10.1 Å². The lowest BCUT2D eigenvalue weighted by Gasteiger charge is -2.26. The molecule has 102 valence electrons. The molecular weight excluding hydrogens is 254 g/mol. The number of fused-ring (bicyclic) bond motifs is 1. The van der Waals surface area contributed by atoms with Gasteiger partial charge in [-0.1, -0.05) is 18.2 Å². The third-order valence-electron chi connectivity index (χ3n) is 4.14. The third kappa shape index (κ3) is 2.83. The summed E-state index contributed by atoms with van der Waals surface area (Å²) in [5, 5.41) is 7.25. The van der Waals surface area contributed by atoms with Gasteiger partial charge in [-0.15, -0.1) is 11.3 Å². The molecule has 1 saturated heterocycles. The Morgan fingerprint density at radius 2 is 2.11 bits per heavy atom. The lowest BCUT2D eigenvalue weighted by atomic mass is 9.89. The molecule has 0 saturated carbocycles. The van der Waals surface area contributed by atoms with Crippen molar-refractivity contribution in [3.63, 3.8) is 0 Å². The summed E-state index contributed by atoms with van der Waals surface area (Å²) in [6, 6.07) is 9.19. The van der Waals surface area contributed by atoms with E-state index in [1.807, 2.05) is 11.3 Å². The largest absolute Gasteiger partial charge is 0.381 e. The molecule has 1 N–H and O–H groups in total. The number of ether oxygens (including phenoxy) is 1. The topological polar surface area (TPSA) is 21.3 Å². The maximum atomic E-state index is 5.46. The van der Waals surface area contributed by atoms with E-state index < -0.39 is 0 Å². The molecule has 0 radical (unpaired) electrons. The second-order valence-electron chi connectivity index (χ2n) is 5.32. The van der Waals surface area contributed by atoms with Gasteiger partial charge in [0.1, 0.15) is 0 Å². The smallest absolute Gasteiger partial charge is 0.0468 e. The number of hydrogen-bond acceptors (Lipinski definition) is 3. The van der Waals surface area contributed by atoms with Gasteiger partial charge in [0, 0.05) is 24.0 Å². The van der Waals surface area contributed by atoms with Crippen molar-refractivity contribution < 1.29 is 4.74 Å². The quantitative estimate of drug-likeness (QED) is 0.911. The van der Waals surface area contributed by atoms with Crippen molar-refractivity contribution in [2.75, 3.05) is 20.3 Å². The summed E-state index contributed by atoms with van der Waals surface area (Å²) in [6.45, 7) is 1.87. The molecule has 2 heterocycles. The van der Waals surface area contributed by atoms with Gasteiger partial charge in [0.05, 0.1) is 0 Å². The zero-order chi connectivity index (χ0) is 13.1. The summed E-state index contributed by atoms with van der Waals surface area (Å²) < 4.78 is 6.85. The van der Waals surface area contributed by atoms with Crippen LogP contribution in [0.15, 0.2) is 29.6 Å². The summed E-state index contributed by atoms with van der Waals surface area (Å²) in [4.78, 5) is 0. The molecule has 1 aliphatic heterocycles. The minimum absolute atomic E-state index is 0.472. The highest BCUT2D eigenvalue weighted by molar-refractivity contribution is 7.17. The Morgan fingerprint density at radius 3 is 2.89 bits per heavy atom. The van der Waals surface area contributed by atoms with Gasteiger partial charge in [-0.3, -0.25) is 0 Å². The molecule has 1 aromatic heterocycles. The molecular formula is C16H21NOS. The highest BCUT2D eigenvalue weighted by atomic mass is 32.1. The third-order valence-corrected chi connectivity index (χ3v) is 5.13. The Bertz CT molecular complexity index is 530. The first kappa shape index (κ1) is 13.1. The van der Waals surface area contributed by atoms with Gasteiger partial charge < -0.3 is 10.1 Å². The molecule has 0 bridgehead atoms. The van der Waals surface area contributed by atoms with Crippen LogP contribution < -0.4 is 5.32 Å². The second kappa shape index (κ2) is 6.04. The molecule has 1 unspecified atom stereocenters. The fourth-order valence-electron chi connectivity index (χ4n) is 2.98. The predicted octanol–water partition coefficient (Wildman–Crippen LogP) is 3.98. The summed E-state index contributed by atoms with van der Waals surface area (Å²) >= 11 is 1.85. The monoisotopic (exact) mass is 275 g/mol. The van der Waals surface area contributed by atoms with E-state index in [-0.39, 0.29) is 0 Å². The van der Waals surface area contributed by atoms with Gasteiger partial charge in [-0.05, 0) is 54.6 Å². The van der Waals surface area contributed by atoms with E-state index in [1.54, 1.807) is 0 Å². The normalized spacial score (nSPS) is 18.8. The molecule has 2 nitrogen and oxygen atoms in total. The van der Waals surface area contributed by atoms with E-state index in [2.05, 4.69) is 42.0 Å². The molecule has 19 heavy (non-hydrogen) atoms. The first-order chi connectivity index (χ1) is 9.38. The second-order valence-corrected chi connectivity index (χ2v) is 6.23. The standard InChI is InChI=1S/C16H21NOS/c1-17-15(10-12-6-8-18-9-7-12)14-11-19-16-5-3-2-4-13(14)16/h2-5,11-12,15,17H,6-10H2,1H3. The van der Waals surface area contributed by atoms with Crippen LogP contribution in [-0.2, 0) is 4.74 Å². The Balaban J connectivity index is 1.81. The average molecular weight is 275 g/mol. The molecule has 3 heteroatoms. The van der Waals surface area contributed by atoms with Gasteiger partial charge in [0.2, 0.25) is 0 Å². The zero-order valence-electron chi connectivity index (χ0n) is 11.4. The fourth-order valence-corrected chi connectivity index (χ4v) is 4.00. The van der Waals surface area contributed by atoms with E-state index >= 15 is 0 Å². The Hall–Kier alpha value is -0.900. The number of nitrogens with one attached hydrogen (secondary N) is 1. The number of hydrogen-bond donors (Lipinski definition) is 1. The van der Waals surface area contributed by atoms with Crippen LogP contribution in [0.2, 0.25) is 0 Å². The SMILES string of the molecule is CNC(CC1CCOCC1)c1csc2ccccc12. The summed E-state index contributed by atoms with van der Waals surface area (Å²) in [6.07, 6.45) is 3.64. The molecule has 0 amide bonds. The van der Waals surface area contributed by atoms with Crippen LogP contribution in [0.5, 0.6) is 0 Å². The molecule has 1 aliphatic rings. The van der Waals surface area contributed by atoms with Crippen LogP contribution in [0, 0.1) is 5.92 Å². The van der Waals surface area contributed by atoms with E-state index in [1.165, 1.54) is 34.9 Å². The highest BCUT2D eigenvalue weighted by Crippen LogP contribution is 2.34. The first-order valence-electron chi connectivity index (χ1n) is 7.09. The minimum atomic E-state index is 0.472. The van der Waals surface area contributed by atoms with Crippen LogP contribution in [0.3, 0.4) is 0 Å². The van der Waals surface area contributed by atoms with Gasteiger partial charge >= 0.3 is 0 Å². The van der Waals surface area contributed by atoms with Crippen LogP contribution in [0.1, 0.15) is 30.9 Å². The Morgan fingerprint density at radius 1 is 1.32 bits per heavy atom. The highest BCUT2D eigenvalue weighted by Gasteiger charge is 2.21. The molecule has 1 atom stereocenters. The summed E-state index contributed by atoms with van der Waals surface area (Å²) in [5.41, 5.74) is 1.47. The molecule has 1 aromatic carbocycles. The minimum Gasteiger partial charge on any atom is -0.381 e. The number of benzene rings is 1. The van der Waals surface area contributed by atoms with Crippen molar-refractivity contribution in [3.05, 3.63) is 35.2 Å². The van der Waals surface area contributed by atoms with Crippen molar-refractivity contribution in [1.82, 2.24) is 5.32 Å². The molecule has 3 rings (SSSR count). The lowest BCUT2D eigenvalue weighted by molar-refractivity contribution is 0.0608. The Labute approximate surface area is 118 Å². The van der Waals surface area contributed by atoms with Crippen molar-refractivity contribution in [2.45, 2.75) is 25.3 Å². The zero-order valence-corrected chi connectivity index (χ0v) is 12.2. The number of rotatable bonds is 4. The van der Waals surface area contributed by atoms with Gasteiger partial charge in [0.15, 0.2) is 0 Å². The van der Waals surface area contributed by atoms with Crippen LogP contribution in [-0.4, -0.2) is 20.3 Å². The maximum absolute atomic E-state index is 5.46. The molecule has 0 aliphatic carbocycles. The van der Waals surface area contributed by atoms with Crippen LogP contribution >= 0.6 is 11.3 Å². The maximum Gasteiger partial charge on any atom is 0.0468 e. The lowest BCUT2D eigenvalue weighted by Crippen LogP contribution is -2.23. The van der Waals surface area contributed by atoms with Crippen molar-refractivity contribution >= 4 is 21.4 Å². The van der Waals surface area contributed by atoms with E-state index in [0.29, 0.717) is 6.04 Å². The van der Waals surface area contributed by atoms with Crippen molar-refractivity contribution in [1.29, 1.82) is 0 Å². The van der Waals surface area contributed by atoms with Gasteiger partial charge in [-0.25, -0.2) is 0 Å². The predicted molar refractivity (Wildman–Crippen MR) is 81.8 cm³/mol.